The van der Waals surface area contributed by atoms with E-state index in [1.807, 2.05) is 12.2 Å². The van der Waals surface area contributed by atoms with Gasteiger partial charge in [0.2, 0.25) is 17.7 Å². The van der Waals surface area contributed by atoms with Crippen LogP contribution in [0.1, 0.15) is 28.8 Å². The molecule has 162 valence electrons. The van der Waals surface area contributed by atoms with E-state index in [0.29, 0.717) is 23.3 Å². The molecule has 4 rings (SSSR count). The van der Waals surface area contributed by atoms with Gasteiger partial charge in [-0.2, -0.15) is 13.2 Å². The van der Waals surface area contributed by atoms with E-state index in [-0.39, 0.29) is 29.9 Å². The van der Waals surface area contributed by atoms with Gasteiger partial charge in [0.05, 0.1) is 17.4 Å². The van der Waals surface area contributed by atoms with Gasteiger partial charge in [-0.1, -0.05) is 30.4 Å². The summed E-state index contributed by atoms with van der Waals surface area (Å²) in [6, 6.07) is 5.02. The number of nitrogens with zero attached hydrogens (tertiary/aromatic N) is 2. The second-order valence-corrected chi connectivity index (χ2v) is 8.59. The third-order valence-electron chi connectivity index (χ3n) is 5.33. The Morgan fingerprint density at radius 1 is 1.16 bits per heavy atom. The first kappa shape index (κ1) is 21.2. The van der Waals surface area contributed by atoms with E-state index >= 15 is 0 Å². The minimum atomic E-state index is -4.42. The van der Waals surface area contributed by atoms with E-state index in [1.54, 1.807) is 6.07 Å². The van der Waals surface area contributed by atoms with E-state index < -0.39 is 29.5 Å². The topological polar surface area (TPSA) is 79.4 Å². The van der Waals surface area contributed by atoms with Crippen LogP contribution in [0.5, 0.6) is 0 Å². The summed E-state index contributed by atoms with van der Waals surface area (Å²) in [5.41, 5.74) is -0.250. The molecule has 0 spiro atoms. The number of benzene rings is 1. The third-order valence-corrected chi connectivity index (χ3v) is 6.25. The number of fused-ring (bicyclic) bond motifs is 1. The van der Waals surface area contributed by atoms with Gasteiger partial charge >= 0.3 is 6.18 Å². The minimum Gasteiger partial charge on any atom is -0.300 e. The molecule has 6 nitrogen and oxygen atoms in total. The van der Waals surface area contributed by atoms with Crippen LogP contribution in [0, 0.1) is 11.8 Å². The van der Waals surface area contributed by atoms with Gasteiger partial charge in [0.1, 0.15) is 6.54 Å². The van der Waals surface area contributed by atoms with Crippen molar-refractivity contribution in [2.75, 3.05) is 11.9 Å². The Morgan fingerprint density at radius 3 is 2.48 bits per heavy atom. The Labute approximate surface area is 179 Å². The number of allylic oxidation sites excluding steroid dienone is 2. The molecule has 1 aromatic heterocycles. The first-order valence-electron chi connectivity index (χ1n) is 9.63. The van der Waals surface area contributed by atoms with Crippen molar-refractivity contribution < 1.29 is 27.6 Å². The molecule has 1 aromatic carbocycles. The molecule has 31 heavy (non-hydrogen) atoms. The lowest BCUT2D eigenvalue weighted by Gasteiger charge is -2.14. The summed E-state index contributed by atoms with van der Waals surface area (Å²) >= 11 is 1.13. The normalized spacial score (nSPS) is 20.8. The minimum absolute atomic E-state index is 0.233. The summed E-state index contributed by atoms with van der Waals surface area (Å²) in [5, 5.41) is 2.81. The fourth-order valence-corrected chi connectivity index (χ4v) is 4.70. The lowest BCUT2D eigenvalue weighted by Crippen LogP contribution is -2.38. The molecule has 2 aliphatic rings. The van der Waals surface area contributed by atoms with Gasteiger partial charge in [-0.15, -0.1) is 11.3 Å². The third kappa shape index (κ3) is 4.53. The van der Waals surface area contributed by atoms with Crippen molar-refractivity contribution in [2.24, 2.45) is 11.8 Å². The molecule has 3 amide bonds. The van der Waals surface area contributed by atoms with Gasteiger partial charge < -0.3 is 5.32 Å². The van der Waals surface area contributed by atoms with Gasteiger partial charge in [-0.05, 0) is 24.5 Å². The SMILES string of the molecule is O=C(CN1C(=O)[C@H]2CC=CC[C@@H]2C1=O)Nc1ncc(Cc2cccc(C(F)(F)F)c2)s1. The highest BCUT2D eigenvalue weighted by atomic mass is 32.1. The van der Waals surface area contributed by atoms with Crippen molar-refractivity contribution in [1.82, 2.24) is 9.88 Å². The number of alkyl halides is 3. The number of rotatable bonds is 5. The summed E-state index contributed by atoms with van der Waals surface area (Å²) in [6.07, 6.45) is 2.04. The number of imide groups is 1. The van der Waals surface area contributed by atoms with E-state index in [0.717, 1.165) is 28.4 Å². The number of hydrogen-bond donors (Lipinski definition) is 1. The first-order valence-corrected chi connectivity index (χ1v) is 10.4. The molecular formula is C21H18F3N3O3S. The molecule has 1 fully saturated rings. The molecule has 1 saturated heterocycles. The van der Waals surface area contributed by atoms with Gasteiger partial charge in [-0.25, -0.2) is 4.98 Å². The van der Waals surface area contributed by atoms with Gasteiger partial charge in [-0.3, -0.25) is 19.3 Å². The highest BCUT2D eigenvalue weighted by molar-refractivity contribution is 7.15. The fourth-order valence-electron chi connectivity index (χ4n) is 3.83. The number of anilines is 1. The molecule has 0 saturated carbocycles. The molecule has 0 bridgehead atoms. The first-order chi connectivity index (χ1) is 14.7. The maximum atomic E-state index is 12.9. The number of likely N-dealkylation sites (tertiary alicyclic amines) is 1. The van der Waals surface area contributed by atoms with Crippen molar-refractivity contribution in [3.63, 3.8) is 0 Å². The van der Waals surface area contributed by atoms with Gasteiger partial charge in [0, 0.05) is 17.5 Å². The van der Waals surface area contributed by atoms with Crippen molar-refractivity contribution in [2.45, 2.75) is 25.4 Å². The zero-order valence-electron chi connectivity index (χ0n) is 16.2. The maximum Gasteiger partial charge on any atom is 0.416 e. The highest BCUT2D eigenvalue weighted by Gasteiger charge is 2.47. The van der Waals surface area contributed by atoms with Crippen molar-refractivity contribution in [3.05, 3.63) is 58.6 Å². The number of thiazole rings is 1. The van der Waals surface area contributed by atoms with Crippen LogP contribution in [-0.2, 0) is 27.0 Å². The summed E-state index contributed by atoms with van der Waals surface area (Å²) in [4.78, 5) is 43.0. The molecule has 1 N–H and O–H groups in total. The quantitative estimate of drug-likeness (QED) is 0.558. The molecule has 0 unspecified atom stereocenters. The largest absolute Gasteiger partial charge is 0.416 e. The summed E-state index contributed by atoms with van der Waals surface area (Å²) in [5.74, 6) is -2.01. The Kier molecular flexibility index (Phi) is 5.65. The van der Waals surface area contributed by atoms with Crippen LogP contribution >= 0.6 is 11.3 Å². The lowest BCUT2D eigenvalue weighted by atomic mass is 9.85. The molecule has 1 aliphatic heterocycles. The second kappa shape index (κ2) is 8.26. The molecule has 2 aromatic rings. The fraction of sp³-hybridized carbons (Fsp3) is 0.333. The molecule has 2 heterocycles. The molecule has 10 heteroatoms. The van der Waals surface area contributed by atoms with E-state index in [4.69, 9.17) is 0 Å². The predicted molar refractivity (Wildman–Crippen MR) is 107 cm³/mol. The Bertz CT molecular complexity index is 1040. The number of carbonyl (C=O) groups excluding carboxylic acids is 3. The monoisotopic (exact) mass is 449 g/mol. The number of aromatic nitrogens is 1. The van der Waals surface area contributed by atoms with Crippen molar-refractivity contribution in [3.8, 4) is 0 Å². The number of nitrogens with one attached hydrogen (secondary N) is 1. The zero-order valence-corrected chi connectivity index (χ0v) is 17.0. The highest BCUT2D eigenvalue weighted by Crippen LogP contribution is 2.35. The maximum absolute atomic E-state index is 12.9. The number of hydrogen-bond acceptors (Lipinski definition) is 5. The van der Waals surface area contributed by atoms with Crippen LogP contribution in [-0.4, -0.2) is 34.2 Å². The van der Waals surface area contributed by atoms with E-state index in [1.165, 1.54) is 12.3 Å². The Balaban J connectivity index is 1.37. The van der Waals surface area contributed by atoms with Gasteiger partial charge in [0.25, 0.3) is 0 Å². The number of amides is 3. The predicted octanol–water partition coefficient (Wildman–Crippen LogP) is 3.64. The summed E-state index contributed by atoms with van der Waals surface area (Å²) < 4.78 is 38.6. The molecular weight excluding hydrogens is 431 g/mol. The van der Waals surface area contributed by atoms with Crippen LogP contribution in [0.3, 0.4) is 0 Å². The summed E-state index contributed by atoms with van der Waals surface area (Å²) in [7, 11) is 0. The lowest BCUT2D eigenvalue weighted by molar-refractivity contribution is -0.142. The summed E-state index contributed by atoms with van der Waals surface area (Å²) in [6.45, 7) is -0.382. The zero-order chi connectivity index (χ0) is 22.2. The van der Waals surface area contributed by atoms with Crippen molar-refractivity contribution >= 4 is 34.2 Å². The number of halogens is 3. The van der Waals surface area contributed by atoms with Crippen LogP contribution in [0.15, 0.2) is 42.6 Å². The van der Waals surface area contributed by atoms with Crippen LogP contribution in [0.4, 0.5) is 18.3 Å². The van der Waals surface area contributed by atoms with E-state index in [9.17, 15) is 27.6 Å². The van der Waals surface area contributed by atoms with Gasteiger partial charge in [0.15, 0.2) is 5.13 Å². The Morgan fingerprint density at radius 2 is 1.84 bits per heavy atom. The van der Waals surface area contributed by atoms with Crippen LogP contribution in [0.25, 0.3) is 0 Å². The smallest absolute Gasteiger partial charge is 0.300 e. The standard InChI is InChI=1S/C21H18F3N3O3S/c22-21(23,24)13-5-3-4-12(8-13)9-14-10-25-20(31-14)26-17(28)11-27-18(29)15-6-1-2-7-16(15)19(27)30/h1-5,8,10,15-16H,6-7,9,11H2,(H,25,26,28)/t15-,16-/m0/s1. The van der Waals surface area contributed by atoms with Crippen molar-refractivity contribution in [1.29, 1.82) is 0 Å². The second-order valence-electron chi connectivity index (χ2n) is 7.47. The molecule has 2 atom stereocenters. The number of carbonyl (C=O) groups is 3. The van der Waals surface area contributed by atoms with E-state index in [2.05, 4.69) is 10.3 Å². The Hall–Kier alpha value is -3.01. The molecule has 1 aliphatic carbocycles. The van der Waals surface area contributed by atoms with Crippen LogP contribution in [0.2, 0.25) is 0 Å². The molecule has 0 radical (unpaired) electrons. The van der Waals surface area contributed by atoms with Crippen LogP contribution < -0.4 is 5.32 Å². The average molecular weight is 449 g/mol. The average Bonchev–Trinajstić information content (AvgIpc) is 3.25.